The topological polar surface area (TPSA) is 91.0 Å². The molecule has 2 heterocycles. The molecule has 6 nitrogen and oxygen atoms in total. The number of hydrogen-bond acceptors (Lipinski definition) is 5. The number of carbonyl (C=O) groups excluding carboxylic acids is 1. The number of rotatable bonds is 4. The van der Waals surface area contributed by atoms with Gasteiger partial charge in [0.2, 0.25) is 0 Å². The third-order valence-corrected chi connectivity index (χ3v) is 5.62. The second kappa shape index (κ2) is 8.19. The molecule has 2 N–H and O–H groups in total. The lowest BCUT2D eigenvalue weighted by atomic mass is 9.91. The number of carbonyl (C=O) groups is 1. The molecule has 150 valence electrons. The van der Waals surface area contributed by atoms with E-state index in [1.54, 1.807) is 41.3 Å². The molecule has 0 spiro atoms. The van der Waals surface area contributed by atoms with Gasteiger partial charge in [0.05, 0.1) is 18.3 Å². The maximum atomic E-state index is 12.9. The highest BCUT2D eigenvalue weighted by Gasteiger charge is 2.27. The van der Waals surface area contributed by atoms with Gasteiger partial charge < -0.3 is 19.5 Å². The lowest BCUT2D eigenvalue weighted by Crippen LogP contribution is -2.42. The summed E-state index contributed by atoms with van der Waals surface area (Å²) >= 11 is 0. The van der Waals surface area contributed by atoms with Crippen LogP contribution in [0.15, 0.2) is 63.8 Å². The summed E-state index contributed by atoms with van der Waals surface area (Å²) in [4.78, 5) is 27.1. The van der Waals surface area contributed by atoms with E-state index in [1.807, 2.05) is 18.2 Å². The maximum absolute atomic E-state index is 12.9. The Bertz CT molecular complexity index is 1080. The predicted octanol–water partition coefficient (Wildman–Crippen LogP) is 2.67. The number of para-hydroxylation sites is 1. The minimum Gasteiger partial charge on any atom is -0.422 e. The Balaban J connectivity index is 1.57. The first-order valence-corrected chi connectivity index (χ1v) is 9.78. The Hall–Kier alpha value is -2.96. The van der Waals surface area contributed by atoms with E-state index in [1.165, 1.54) is 0 Å². The molecule has 1 aliphatic heterocycles. The summed E-state index contributed by atoms with van der Waals surface area (Å²) in [5, 5.41) is 19.7. The molecule has 1 atom stereocenters. The molecule has 1 aliphatic rings. The van der Waals surface area contributed by atoms with Gasteiger partial charge in [0.15, 0.2) is 0 Å². The van der Waals surface area contributed by atoms with E-state index in [-0.39, 0.29) is 18.4 Å². The van der Waals surface area contributed by atoms with E-state index in [2.05, 4.69) is 0 Å². The molecule has 1 aromatic heterocycles. The van der Waals surface area contributed by atoms with Crippen molar-refractivity contribution in [2.75, 3.05) is 19.7 Å². The van der Waals surface area contributed by atoms with E-state index in [0.717, 1.165) is 5.39 Å². The minimum atomic E-state index is -0.734. The normalized spacial score (nSPS) is 16.1. The molecule has 0 saturated carbocycles. The van der Waals surface area contributed by atoms with Gasteiger partial charge in [-0.2, -0.15) is 0 Å². The molecule has 0 aliphatic carbocycles. The van der Waals surface area contributed by atoms with Crippen LogP contribution >= 0.6 is 0 Å². The van der Waals surface area contributed by atoms with Gasteiger partial charge in [0.25, 0.3) is 5.91 Å². The summed E-state index contributed by atoms with van der Waals surface area (Å²) in [5.41, 5.74) is 1.66. The molecular formula is C23H23NO5. The molecule has 6 heteroatoms. The summed E-state index contributed by atoms with van der Waals surface area (Å²) in [6.45, 7) is 0.806. The molecule has 1 fully saturated rings. The average Bonchev–Trinajstić information content (AvgIpc) is 2.77. The summed E-state index contributed by atoms with van der Waals surface area (Å²) in [6, 6.07) is 16.1. The second-order valence-electron chi connectivity index (χ2n) is 7.45. The average molecular weight is 393 g/mol. The molecular weight excluding hydrogens is 370 g/mol. The van der Waals surface area contributed by atoms with Crippen LogP contribution in [0.4, 0.5) is 0 Å². The first kappa shape index (κ1) is 19.4. The number of fused-ring (bicyclic) bond motifs is 1. The van der Waals surface area contributed by atoms with Crippen molar-refractivity contribution < 1.29 is 19.4 Å². The van der Waals surface area contributed by atoms with E-state index < -0.39 is 11.7 Å². The van der Waals surface area contributed by atoms with E-state index in [9.17, 15) is 14.7 Å². The van der Waals surface area contributed by atoms with Crippen molar-refractivity contribution in [2.24, 2.45) is 5.92 Å². The lowest BCUT2D eigenvalue weighted by Gasteiger charge is -2.33. The van der Waals surface area contributed by atoms with Gasteiger partial charge in [0, 0.05) is 24.0 Å². The van der Waals surface area contributed by atoms with Crippen molar-refractivity contribution in [3.8, 4) is 11.1 Å². The highest BCUT2D eigenvalue weighted by Crippen LogP contribution is 2.25. The van der Waals surface area contributed by atoms with Gasteiger partial charge in [-0.15, -0.1) is 0 Å². The third-order valence-electron chi connectivity index (χ3n) is 5.62. The molecule has 0 radical (unpaired) electrons. The monoisotopic (exact) mass is 393 g/mol. The zero-order chi connectivity index (χ0) is 20.4. The number of piperidine rings is 1. The van der Waals surface area contributed by atoms with Crippen molar-refractivity contribution in [3.05, 3.63) is 70.6 Å². The van der Waals surface area contributed by atoms with E-state index >= 15 is 0 Å². The SMILES string of the molecule is O=C(c1cccc(-c2cc3ccccc3oc2=O)c1)N1CCC(C(O)CO)CC1. The molecule has 0 bridgehead atoms. The van der Waals surface area contributed by atoms with Gasteiger partial charge in [-0.1, -0.05) is 30.3 Å². The fraction of sp³-hybridized carbons (Fsp3) is 0.304. The van der Waals surface area contributed by atoms with Crippen LogP contribution in [-0.2, 0) is 0 Å². The van der Waals surface area contributed by atoms with Gasteiger partial charge in [-0.3, -0.25) is 4.79 Å². The summed E-state index contributed by atoms with van der Waals surface area (Å²) in [7, 11) is 0. The Kier molecular flexibility index (Phi) is 5.47. The third kappa shape index (κ3) is 3.95. The van der Waals surface area contributed by atoms with Crippen LogP contribution in [0.25, 0.3) is 22.1 Å². The second-order valence-corrected chi connectivity index (χ2v) is 7.45. The summed E-state index contributed by atoms with van der Waals surface area (Å²) in [5.74, 6) is -0.0911. The first-order valence-electron chi connectivity index (χ1n) is 9.78. The van der Waals surface area contributed by atoms with Crippen LogP contribution in [-0.4, -0.2) is 46.8 Å². The fourth-order valence-corrected chi connectivity index (χ4v) is 3.90. The zero-order valence-corrected chi connectivity index (χ0v) is 16.0. The Morgan fingerprint density at radius 2 is 1.86 bits per heavy atom. The van der Waals surface area contributed by atoms with Crippen LogP contribution in [0.3, 0.4) is 0 Å². The van der Waals surface area contributed by atoms with Crippen molar-refractivity contribution >= 4 is 16.9 Å². The molecule has 29 heavy (non-hydrogen) atoms. The predicted molar refractivity (Wildman–Crippen MR) is 110 cm³/mol. The molecule has 3 aromatic rings. The fourth-order valence-electron chi connectivity index (χ4n) is 3.90. The van der Waals surface area contributed by atoms with Crippen LogP contribution < -0.4 is 5.63 Å². The van der Waals surface area contributed by atoms with Crippen LogP contribution in [0.2, 0.25) is 0 Å². The van der Waals surface area contributed by atoms with Crippen molar-refractivity contribution in [1.82, 2.24) is 4.90 Å². The maximum Gasteiger partial charge on any atom is 0.344 e. The van der Waals surface area contributed by atoms with Crippen molar-refractivity contribution in [1.29, 1.82) is 0 Å². The van der Waals surface area contributed by atoms with Gasteiger partial charge in [-0.05, 0) is 48.6 Å². The number of benzene rings is 2. The van der Waals surface area contributed by atoms with E-state index in [4.69, 9.17) is 9.52 Å². The van der Waals surface area contributed by atoms with E-state index in [0.29, 0.717) is 48.2 Å². The lowest BCUT2D eigenvalue weighted by molar-refractivity contribution is 0.0179. The Morgan fingerprint density at radius 1 is 1.10 bits per heavy atom. The van der Waals surface area contributed by atoms with Crippen LogP contribution in [0.5, 0.6) is 0 Å². The van der Waals surface area contributed by atoms with Gasteiger partial charge >= 0.3 is 5.63 Å². The molecule has 1 unspecified atom stereocenters. The number of amides is 1. The number of nitrogens with zero attached hydrogens (tertiary/aromatic N) is 1. The quantitative estimate of drug-likeness (QED) is 0.665. The molecule has 2 aromatic carbocycles. The smallest absolute Gasteiger partial charge is 0.344 e. The standard InChI is InChI=1S/C23H23NO5/c25-14-20(26)15-8-10-24(11-9-15)22(27)18-6-3-5-16(12-18)19-13-17-4-1-2-7-21(17)29-23(19)28/h1-7,12-13,15,20,25-26H,8-11,14H2. The Labute approximate surface area is 168 Å². The number of hydrogen-bond donors (Lipinski definition) is 2. The number of aliphatic hydroxyl groups is 2. The number of aliphatic hydroxyl groups excluding tert-OH is 2. The van der Waals surface area contributed by atoms with Gasteiger partial charge in [-0.25, -0.2) is 4.79 Å². The van der Waals surface area contributed by atoms with Crippen molar-refractivity contribution in [2.45, 2.75) is 18.9 Å². The largest absolute Gasteiger partial charge is 0.422 e. The first-order chi connectivity index (χ1) is 14.1. The minimum absolute atomic E-state index is 0.0117. The Morgan fingerprint density at radius 3 is 2.62 bits per heavy atom. The highest BCUT2D eigenvalue weighted by atomic mass is 16.4. The van der Waals surface area contributed by atoms with Crippen LogP contribution in [0.1, 0.15) is 23.2 Å². The summed E-state index contributed by atoms with van der Waals surface area (Å²) < 4.78 is 5.41. The van der Waals surface area contributed by atoms with Crippen molar-refractivity contribution in [3.63, 3.8) is 0 Å². The molecule has 1 amide bonds. The summed E-state index contributed by atoms with van der Waals surface area (Å²) in [6.07, 6.45) is 0.575. The molecule has 1 saturated heterocycles. The van der Waals surface area contributed by atoms with Crippen LogP contribution in [0, 0.1) is 5.92 Å². The highest BCUT2D eigenvalue weighted by molar-refractivity contribution is 5.95. The van der Waals surface area contributed by atoms with Gasteiger partial charge in [0.1, 0.15) is 5.58 Å². The molecule has 4 rings (SSSR count). The number of likely N-dealkylation sites (tertiary alicyclic amines) is 1. The zero-order valence-electron chi connectivity index (χ0n) is 16.0.